The lowest BCUT2D eigenvalue weighted by Gasteiger charge is -2.37. The van der Waals surface area contributed by atoms with Crippen LogP contribution in [0.2, 0.25) is 0 Å². The van der Waals surface area contributed by atoms with E-state index in [1.54, 1.807) is 20.8 Å². The maximum Gasteiger partial charge on any atom is 0.408 e. The van der Waals surface area contributed by atoms with Gasteiger partial charge in [0.15, 0.2) is 0 Å². The zero-order chi connectivity index (χ0) is 29.9. The summed E-state index contributed by atoms with van der Waals surface area (Å²) >= 11 is 0. The molecule has 9 nitrogen and oxygen atoms in total. The van der Waals surface area contributed by atoms with Crippen molar-refractivity contribution in [2.45, 2.75) is 137 Å². The van der Waals surface area contributed by atoms with Gasteiger partial charge in [0.05, 0.1) is 0 Å². The average Bonchev–Trinajstić information content (AvgIpc) is 3.04. The number of fused-ring (bicyclic) bond motifs is 1. The van der Waals surface area contributed by atoms with E-state index in [2.05, 4.69) is 24.5 Å². The van der Waals surface area contributed by atoms with Crippen molar-refractivity contribution in [3.8, 4) is 0 Å². The molecule has 4 aliphatic rings. The number of nitrogens with zero attached hydrogens (tertiary/aromatic N) is 1. The molecule has 4 atom stereocenters. The number of carboxylic acids is 1. The standard InChI is InChI=1S/C31H51N3O6/c1-27(2,3)22(33-23(35)21(19-13-10-9-11-14-19)32-26(39)40-28(4,5)6)24(36)34-18-31(17-20(34)25(37)38)29(7,8)30(31)15-12-16-30/h19-22H,9-18H2,1-8H3,(H,32,39)(H,33,35)(H,37,38). The number of carboxylic acid groups (broad SMARTS) is 1. The normalized spacial score (nSPS) is 28.9. The van der Waals surface area contributed by atoms with Gasteiger partial charge in [-0.2, -0.15) is 0 Å². The van der Waals surface area contributed by atoms with Gasteiger partial charge in [-0.1, -0.05) is 60.3 Å². The number of amides is 3. The minimum Gasteiger partial charge on any atom is -0.480 e. The Labute approximate surface area is 239 Å². The number of alkyl carbamates (subject to hydrolysis) is 1. The number of carbonyl (C=O) groups is 4. The van der Waals surface area contributed by atoms with Crippen molar-refractivity contribution >= 4 is 23.9 Å². The SMILES string of the molecule is CC(C)(C)OC(=O)NC(C(=O)NC(C(=O)N1CC2(CC1C(=O)O)C(C)(C)C21CCC1)C(C)(C)C)C1CCCCC1. The number of aliphatic carboxylic acids is 1. The summed E-state index contributed by atoms with van der Waals surface area (Å²) in [7, 11) is 0. The van der Waals surface area contributed by atoms with Crippen molar-refractivity contribution in [3.63, 3.8) is 0 Å². The van der Waals surface area contributed by atoms with E-state index in [4.69, 9.17) is 4.74 Å². The van der Waals surface area contributed by atoms with Crippen molar-refractivity contribution in [1.82, 2.24) is 15.5 Å². The van der Waals surface area contributed by atoms with Gasteiger partial charge in [0.1, 0.15) is 23.7 Å². The number of nitrogens with one attached hydrogen (secondary N) is 2. The fraction of sp³-hybridized carbons (Fsp3) is 0.871. The number of rotatable bonds is 6. The van der Waals surface area contributed by atoms with Crippen molar-refractivity contribution < 1.29 is 29.0 Å². The second-order valence-corrected chi connectivity index (χ2v) is 15.5. The summed E-state index contributed by atoms with van der Waals surface area (Å²) < 4.78 is 5.47. The predicted octanol–water partition coefficient (Wildman–Crippen LogP) is 4.87. The van der Waals surface area contributed by atoms with Crippen LogP contribution >= 0.6 is 0 Å². The molecule has 0 aromatic heterocycles. The Morgan fingerprint density at radius 1 is 0.900 bits per heavy atom. The Balaban J connectivity index is 1.57. The van der Waals surface area contributed by atoms with E-state index >= 15 is 0 Å². The van der Waals surface area contributed by atoms with Gasteiger partial charge in [0.2, 0.25) is 11.8 Å². The summed E-state index contributed by atoms with van der Waals surface area (Å²) in [6, 6.07) is -2.70. The van der Waals surface area contributed by atoms with E-state index in [1.165, 1.54) is 4.90 Å². The van der Waals surface area contributed by atoms with E-state index in [0.29, 0.717) is 13.0 Å². The van der Waals surface area contributed by atoms with E-state index < -0.39 is 47.1 Å². The van der Waals surface area contributed by atoms with Crippen LogP contribution in [0.15, 0.2) is 0 Å². The van der Waals surface area contributed by atoms with Gasteiger partial charge in [0, 0.05) is 12.0 Å². The topological polar surface area (TPSA) is 125 Å². The van der Waals surface area contributed by atoms with Gasteiger partial charge in [-0.15, -0.1) is 0 Å². The lowest BCUT2D eigenvalue weighted by Crippen LogP contribution is -2.61. The Kier molecular flexibility index (Phi) is 7.81. The van der Waals surface area contributed by atoms with Gasteiger partial charge in [-0.25, -0.2) is 9.59 Å². The van der Waals surface area contributed by atoms with Crippen molar-refractivity contribution in [3.05, 3.63) is 0 Å². The van der Waals surface area contributed by atoms with Crippen LogP contribution < -0.4 is 10.6 Å². The molecule has 3 amide bonds. The molecule has 1 aliphatic heterocycles. The Bertz CT molecular complexity index is 1030. The third-order valence-electron chi connectivity index (χ3n) is 10.9. The highest BCUT2D eigenvalue weighted by atomic mass is 16.6. The summed E-state index contributed by atoms with van der Waals surface area (Å²) in [4.78, 5) is 54.8. The zero-order valence-corrected chi connectivity index (χ0v) is 25.8. The fourth-order valence-corrected chi connectivity index (χ4v) is 8.40. The van der Waals surface area contributed by atoms with Gasteiger partial charge in [-0.3, -0.25) is 9.59 Å². The Morgan fingerprint density at radius 2 is 1.50 bits per heavy atom. The van der Waals surface area contributed by atoms with Crippen LogP contribution in [0.4, 0.5) is 4.79 Å². The molecular formula is C31H51N3O6. The molecule has 1 heterocycles. The first kappa shape index (κ1) is 30.6. The molecule has 3 N–H and O–H groups in total. The number of hydrogen-bond acceptors (Lipinski definition) is 5. The molecule has 9 heteroatoms. The van der Waals surface area contributed by atoms with Crippen LogP contribution in [0.1, 0.15) is 113 Å². The summed E-state index contributed by atoms with van der Waals surface area (Å²) in [5.41, 5.74) is -1.51. The lowest BCUT2D eigenvalue weighted by atomic mass is 9.73. The van der Waals surface area contributed by atoms with Crippen LogP contribution in [0.3, 0.4) is 0 Å². The molecule has 1 saturated heterocycles. The molecule has 0 radical (unpaired) electrons. The molecule has 4 rings (SSSR count). The van der Waals surface area contributed by atoms with Crippen LogP contribution in [0.5, 0.6) is 0 Å². The molecule has 0 bridgehead atoms. The molecule has 0 aromatic carbocycles. The molecule has 4 unspecified atom stereocenters. The third-order valence-corrected chi connectivity index (χ3v) is 10.9. The van der Waals surface area contributed by atoms with Crippen LogP contribution in [0.25, 0.3) is 0 Å². The fourth-order valence-electron chi connectivity index (χ4n) is 8.40. The number of hydrogen-bond donors (Lipinski definition) is 3. The molecule has 3 saturated carbocycles. The van der Waals surface area contributed by atoms with E-state index in [1.807, 2.05) is 20.8 Å². The highest BCUT2D eigenvalue weighted by molar-refractivity contribution is 5.94. The van der Waals surface area contributed by atoms with Crippen LogP contribution in [-0.2, 0) is 19.1 Å². The molecule has 226 valence electrons. The number of carbonyl (C=O) groups excluding carboxylic acids is 3. The second kappa shape index (κ2) is 10.2. The largest absolute Gasteiger partial charge is 0.480 e. The predicted molar refractivity (Wildman–Crippen MR) is 151 cm³/mol. The van der Waals surface area contributed by atoms with Gasteiger partial charge < -0.3 is 25.4 Å². The van der Waals surface area contributed by atoms with Gasteiger partial charge in [0.25, 0.3) is 0 Å². The lowest BCUT2D eigenvalue weighted by molar-refractivity contribution is -0.151. The second-order valence-electron chi connectivity index (χ2n) is 15.5. The summed E-state index contributed by atoms with van der Waals surface area (Å²) in [6.45, 7) is 15.8. The highest BCUT2D eigenvalue weighted by Gasteiger charge is 2.85. The third kappa shape index (κ3) is 5.11. The maximum atomic E-state index is 14.2. The van der Waals surface area contributed by atoms with Crippen molar-refractivity contribution in [2.75, 3.05) is 6.54 Å². The first-order chi connectivity index (χ1) is 18.4. The summed E-state index contributed by atoms with van der Waals surface area (Å²) in [5.74, 6) is -1.84. The zero-order valence-electron chi connectivity index (χ0n) is 25.8. The highest BCUT2D eigenvalue weighted by Crippen LogP contribution is 2.88. The monoisotopic (exact) mass is 561 g/mol. The molecule has 2 spiro atoms. The summed E-state index contributed by atoms with van der Waals surface area (Å²) in [6.07, 6.45) is 7.72. The molecule has 40 heavy (non-hydrogen) atoms. The Morgan fingerprint density at radius 3 is 1.95 bits per heavy atom. The summed E-state index contributed by atoms with van der Waals surface area (Å²) in [5, 5.41) is 16.0. The van der Waals surface area contributed by atoms with E-state index in [0.717, 1.165) is 51.4 Å². The van der Waals surface area contributed by atoms with Gasteiger partial charge >= 0.3 is 12.1 Å². The molecule has 0 aromatic rings. The smallest absolute Gasteiger partial charge is 0.408 e. The minimum atomic E-state index is -0.993. The van der Waals surface area contributed by atoms with Crippen molar-refractivity contribution in [1.29, 1.82) is 0 Å². The van der Waals surface area contributed by atoms with Crippen LogP contribution in [-0.4, -0.2) is 64.2 Å². The first-order valence-corrected chi connectivity index (χ1v) is 15.2. The quantitative estimate of drug-likeness (QED) is 0.425. The maximum absolute atomic E-state index is 14.2. The van der Waals surface area contributed by atoms with E-state index in [9.17, 15) is 24.3 Å². The van der Waals surface area contributed by atoms with Crippen LogP contribution in [0, 0.1) is 27.6 Å². The Hall–Kier alpha value is -2.32. The average molecular weight is 562 g/mol. The molecule has 3 aliphatic carbocycles. The van der Waals surface area contributed by atoms with E-state index in [-0.39, 0.29) is 28.1 Å². The number of likely N-dealkylation sites (tertiary alicyclic amines) is 1. The molecular weight excluding hydrogens is 510 g/mol. The number of ether oxygens (including phenoxy) is 1. The molecule has 4 fully saturated rings. The minimum absolute atomic E-state index is 0.0229. The van der Waals surface area contributed by atoms with Gasteiger partial charge in [-0.05, 0) is 75.0 Å². The van der Waals surface area contributed by atoms with Crippen molar-refractivity contribution in [2.24, 2.45) is 27.6 Å². The first-order valence-electron chi connectivity index (χ1n) is 15.2.